The van der Waals surface area contributed by atoms with Crippen molar-refractivity contribution in [2.45, 2.75) is 6.92 Å². The van der Waals surface area contributed by atoms with Crippen molar-refractivity contribution in [1.29, 1.82) is 0 Å². The molecule has 0 fully saturated rings. The fraction of sp³-hybridized carbons (Fsp3) is 0.0667. The number of carbonyl (C=O) groups excluding carboxylic acids is 1. The van der Waals surface area contributed by atoms with E-state index in [1.165, 1.54) is 11.3 Å². The molecule has 0 aliphatic carbocycles. The van der Waals surface area contributed by atoms with E-state index in [0.29, 0.717) is 16.5 Å². The number of rotatable bonds is 3. The maximum absolute atomic E-state index is 12.2. The van der Waals surface area contributed by atoms with Crippen LogP contribution in [0.4, 0.5) is 5.69 Å². The molecular weight excluding hydrogens is 352 g/mol. The van der Waals surface area contributed by atoms with Gasteiger partial charge in [0.2, 0.25) is 0 Å². The molecule has 0 unspecified atom stereocenters. The topological polar surface area (TPSA) is 55.1 Å². The minimum absolute atomic E-state index is 0.227. The van der Waals surface area contributed by atoms with Crippen LogP contribution in [0.25, 0.3) is 10.8 Å². The van der Waals surface area contributed by atoms with Gasteiger partial charge in [-0.25, -0.2) is 4.98 Å². The number of hydrogen-bond acceptors (Lipinski definition) is 4. The molecule has 4 nitrogen and oxygen atoms in total. The van der Waals surface area contributed by atoms with Crippen molar-refractivity contribution in [3.05, 3.63) is 57.7 Å². The molecule has 2 heterocycles. The van der Waals surface area contributed by atoms with E-state index in [1.54, 1.807) is 17.7 Å². The lowest BCUT2D eigenvalue weighted by Gasteiger charge is -2.07. The molecule has 1 aromatic carbocycles. The summed E-state index contributed by atoms with van der Waals surface area (Å²) < 4.78 is 6.25. The van der Waals surface area contributed by atoms with Crippen molar-refractivity contribution in [3.8, 4) is 10.8 Å². The summed E-state index contributed by atoms with van der Waals surface area (Å²) in [6.45, 7) is 1.94. The molecular formula is C15H11BrN2O2S. The number of nitrogens with one attached hydrogen (secondary N) is 1. The van der Waals surface area contributed by atoms with Gasteiger partial charge in [-0.2, -0.15) is 0 Å². The van der Waals surface area contributed by atoms with Gasteiger partial charge in [-0.05, 0) is 42.8 Å². The highest BCUT2D eigenvalue weighted by Crippen LogP contribution is 2.25. The van der Waals surface area contributed by atoms with E-state index in [9.17, 15) is 4.79 Å². The highest BCUT2D eigenvalue weighted by atomic mass is 79.9. The molecule has 0 aliphatic heterocycles. The van der Waals surface area contributed by atoms with Crippen LogP contribution in [0.3, 0.4) is 0 Å². The Labute approximate surface area is 134 Å². The number of furan rings is 1. The van der Waals surface area contributed by atoms with Gasteiger partial charge in [0.15, 0.2) is 10.8 Å². The second-order valence-corrected chi connectivity index (χ2v) is 6.20. The molecule has 3 aromatic rings. The van der Waals surface area contributed by atoms with Gasteiger partial charge in [-0.15, -0.1) is 11.3 Å². The summed E-state index contributed by atoms with van der Waals surface area (Å²) in [6, 6.07) is 9.31. The van der Waals surface area contributed by atoms with Crippen molar-refractivity contribution >= 4 is 38.9 Å². The lowest BCUT2D eigenvalue weighted by molar-refractivity contribution is 0.102. The molecule has 0 saturated heterocycles. The largest absolute Gasteiger partial charge is 0.462 e. The number of aryl methyl sites for hydroxylation is 1. The predicted octanol–water partition coefficient (Wildman–Crippen LogP) is 4.73. The molecule has 0 aliphatic rings. The lowest BCUT2D eigenvalue weighted by atomic mass is 10.2. The van der Waals surface area contributed by atoms with Crippen molar-refractivity contribution in [2.24, 2.45) is 0 Å². The van der Waals surface area contributed by atoms with E-state index < -0.39 is 0 Å². The maximum Gasteiger partial charge on any atom is 0.275 e. The Morgan fingerprint density at radius 3 is 2.95 bits per heavy atom. The lowest BCUT2D eigenvalue weighted by Crippen LogP contribution is -2.13. The summed E-state index contributed by atoms with van der Waals surface area (Å²) in [5.74, 6) is 0.438. The average molecular weight is 363 g/mol. The number of amides is 1. The van der Waals surface area contributed by atoms with Crippen LogP contribution in [0.2, 0.25) is 0 Å². The first-order valence-electron chi connectivity index (χ1n) is 6.20. The van der Waals surface area contributed by atoms with E-state index in [4.69, 9.17) is 4.42 Å². The number of halogens is 1. The predicted molar refractivity (Wildman–Crippen MR) is 86.6 cm³/mol. The molecule has 6 heteroatoms. The zero-order chi connectivity index (χ0) is 14.8. The number of hydrogen-bond donors (Lipinski definition) is 1. The van der Waals surface area contributed by atoms with Gasteiger partial charge in [-0.1, -0.05) is 15.9 Å². The molecule has 21 heavy (non-hydrogen) atoms. The van der Waals surface area contributed by atoms with E-state index in [1.807, 2.05) is 31.2 Å². The molecule has 106 valence electrons. The molecule has 2 aromatic heterocycles. The molecule has 0 bridgehead atoms. The summed E-state index contributed by atoms with van der Waals surface area (Å²) in [4.78, 5) is 16.5. The van der Waals surface area contributed by atoms with Crippen LogP contribution in [0.1, 0.15) is 16.1 Å². The number of carbonyl (C=O) groups is 1. The van der Waals surface area contributed by atoms with Crippen LogP contribution >= 0.6 is 27.3 Å². The quantitative estimate of drug-likeness (QED) is 0.732. The van der Waals surface area contributed by atoms with E-state index >= 15 is 0 Å². The first-order valence-corrected chi connectivity index (χ1v) is 7.87. The number of anilines is 1. The third kappa shape index (κ3) is 3.06. The van der Waals surface area contributed by atoms with Gasteiger partial charge in [-0.3, -0.25) is 4.79 Å². The summed E-state index contributed by atoms with van der Waals surface area (Å²) in [6.07, 6.45) is 1.58. The smallest absolute Gasteiger partial charge is 0.275 e. The summed E-state index contributed by atoms with van der Waals surface area (Å²) in [5, 5.41) is 5.28. The molecule has 0 atom stereocenters. The monoisotopic (exact) mass is 362 g/mol. The molecule has 3 rings (SSSR count). The minimum Gasteiger partial charge on any atom is -0.462 e. The van der Waals surface area contributed by atoms with E-state index in [0.717, 1.165) is 15.7 Å². The SMILES string of the molecule is Cc1cc(Br)ccc1NC(=O)c1csc(-c2ccco2)n1. The number of benzene rings is 1. The zero-order valence-corrected chi connectivity index (χ0v) is 13.5. The highest BCUT2D eigenvalue weighted by molar-refractivity contribution is 9.10. The van der Waals surface area contributed by atoms with Gasteiger partial charge in [0.05, 0.1) is 6.26 Å². The minimum atomic E-state index is -0.227. The first-order chi connectivity index (χ1) is 10.1. The van der Waals surface area contributed by atoms with Crippen LogP contribution in [-0.4, -0.2) is 10.9 Å². The van der Waals surface area contributed by atoms with E-state index in [2.05, 4.69) is 26.2 Å². The van der Waals surface area contributed by atoms with Crippen LogP contribution in [0.15, 0.2) is 50.9 Å². The molecule has 1 amide bonds. The summed E-state index contributed by atoms with van der Waals surface area (Å²) in [7, 11) is 0. The fourth-order valence-electron chi connectivity index (χ4n) is 1.85. The molecule has 1 N–H and O–H groups in total. The number of thiazole rings is 1. The Morgan fingerprint density at radius 2 is 2.24 bits per heavy atom. The van der Waals surface area contributed by atoms with Crippen LogP contribution in [0, 0.1) is 6.92 Å². The van der Waals surface area contributed by atoms with Crippen LogP contribution < -0.4 is 5.32 Å². The highest BCUT2D eigenvalue weighted by Gasteiger charge is 2.14. The Kier molecular flexibility index (Phi) is 3.90. The fourth-order valence-corrected chi connectivity index (χ4v) is 3.09. The molecule has 0 spiro atoms. The molecule has 0 radical (unpaired) electrons. The second kappa shape index (κ2) is 5.83. The normalized spacial score (nSPS) is 10.6. The van der Waals surface area contributed by atoms with Crippen molar-refractivity contribution in [1.82, 2.24) is 4.98 Å². The van der Waals surface area contributed by atoms with Crippen LogP contribution in [0.5, 0.6) is 0 Å². The Morgan fingerprint density at radius 1 is 1.38 bits per heavy atom. The third-order valence-corrected chi connectivity index (χ3v) is 4.26. The zero-order valence-electron chi connectivity index (χ0n) is 11.1. The number of nitrogens with zero attached hydrogens (tertiary/aromatic N) is 1. The Bertz CT molecular complexity index is 781. The molecule has 0 saturated carbocycles. The average Bonchev–Trinajstić information content (AvgIpc) is 3.10. The first kappa shape index (κ1) is 14.0. The third-order valence-electron chi connectivity index (χ3n) is 2.91. The number of aromatic nitrogens is 1. The standard InChI is InChI=1S/C15H11BrN2O2S/c1-9-7-10(16)4-5-11(9)17-14(19)12-8-21-15(18-12)13-3-2-6-20-13/h2-8H,1H3,(H,17,19). The van der Waals surface area contributed by atoms with Crippen molar-refractivity contribution in [3.63, 3.8) is 0 Å². The second-order valence-electron chi connectivity index (χ2n) is 4.43. The Balaban J connectivity index is 1.79. The van der Waals surface area contributed by atoms with Crippen molar-refractivity contribution in [2.75, 3.05) is 5.32 Å². The van der Waals surface area contributed by atoms with Crippen molar-refractivity contribution < 1.29 is 9.21 Å². The summed E-state index contributed by atoms with van der Waals surface area (Å²) in [5.41, 5.74) is 2.14. The van der Waals surface area contributed by atoms with Gasteiger partial charge in [0.1, 0.15) is 5.69 Å². The van der Waals surface area contributed by atoms with Gasteiger partial charge in [0.25, 0.3) is 5.91 Å². The summed E-state index contributed by atoms with van der Waals surface area (Å²) >= 11 is 4.78. The maximum atomic E-state index is 12.2. The Hall–Kier alpha value is -1.92. The van der Waals surface area contributed by atoms with E-state index in [-0.39, 0.29) is 5.91 Å². The van der Waals surface area contributed by atoms with Gasteiger partial charge < -0.3 is 9.73 Å². The van der Waals surface area contributed by atoms with Gasteiger partial charge >= 0.3 is 0 Å². The van der Waals surface area contributed by atoms with Crippen LogP contribution in [-0.2, 0) is 0 Å². The van der Waals surface area contributed by atoms with Gasteiger partial charge in [0, 0.05) is 15.5 Å².